The fourth-order valence-electron chi connectivity index (χ4n) is 1.87. The third kappa shape index (κ3) is 4.68. The van der Waals surface area contributed by atoms with Gasteiger partial charge in [-0.15, -0.1) is 0 Å². The van der Waals surface area contributed by atoms with E-state index in [9.17, 15) is 22.0 Å². The molecule has 0 aliphatic carbocycles. The fraction of sp³-hybridized carbons (Fsp3) is 0.133. The summed E-state index contributed by atoms with van der Waals surface area (Å²) in [6.07, 6.45) is 0. The Hall–Kier alpha value is -2.13. The second-order valence-electron chi connectivity index (χ2n) is 4.62. The molecule has 24 heavy (non-hydrogen) atoms. The lowest BCUT2D eigenvalue weighted by Gasteiger charge is -2.10. The van der Waals surface area contributed by atoms with E-state index in [2.05, 4.69) is 10.0 Å². The first kappa shape index (κ1) is 18.2. The molecular formula is C15H14F2N2O3S2. The molecular weight excluding hydrogens is 358 g/mol. The summed E-state index contributed by atoms with van der Waals surface area (Å²) in [6, 6.07) is 11.1. The molecule has 2 rings (SSSR count). The van der Waals surface area contributed by atoms with E-state index < -0.39 is 21.7 Å². The molecule has 0 aliphatic rings. The van der Waals surface area contributed by atoms with E-state index in [0.29, 0.717) is 16.7 Å². The van der Waals surface area contributed by atoms with Gasteiger partial charge in [0, 0.05) is 23.2 Å². The summed E-state index contributed by atoms with van der Waals surface area (Å²) in [7, 11) is -2.45. The molecule has 2 aromatic rings. The first-order chi connectivity index (χ1) is 11.3. The first-order valence-corrected chi connectivity index (χ1v) is 9.08. The van der Waals surface area contributed by atoms with E-state index in [0.717, 1.165) is 0 Å². The molecule has 0 spiro atoms. The molecule has 0 saturated heterocycles. The fourth-order valence-corrected chi connectivity index (χ4v) is 3.47. The molecule has 0 atom stereocenters. The van der Waals surface area contributed by atoms with Crippen molar-refractivity contribution >= 4 is 33.4 Å². The van der Waals surface area contributed by atoms with Crippen LogP contribution < -0.4 is 10.0 Å². The van der Waals surface area contributed by atoms with Crippen molar-refractivity contribution in [2.24, 2.45) is 0 Å². The molecule has 0 heterocycles. The van der Waals surface area contributed by atoms with Gasteiger partial charge in [-0.25, -0.2) is 8.42 Å². The van der Waals surface area contributed by atoms with Crippen LogP contribution in [0.1, 0.15) is 10.4 Å². The van der Waals surface area contributed by atoms with Crippen molar-refractivity contribution in [2.75, 3.05) is 11.8 Å². The van der Waals surface area contributed by atoms with E-state index in [-0.39, 0.29) is 16.1 Å². The Kier molecular flexibility index (Phi) is 5.79. The smallest absolute Gasteiger partial charge is 0.288 e. The topological polar surface area (TPSA) is 75.3 Å². The van der Waals surface area contributed by atoms with Crippen molar-refractivity contribution in [3.63, 3.8) is 0 Å². The van der Waals surface area contributed by atoms with Gasteiger partial charge in [-0.1, -0.05) is 17.8 Å². The zero-order chi connectivity index (χ0) is 17.7. The number of anilines is 1. The lowest BCUT2D eigenvalue weighted by Crippen LogP contribution is -2.19. The second kappa shape index (κ2) is 7.63. The Morgan fingerprint density at radius 1 is 1.12 bits per heavy atom. The van der Waals surface area contributed by atoms with Crippen LogP contribution in [0.5, 0.6) is 0 Å². The zero-order valence-corrected chi connectivity index (χ0v) is 14.1. The van der Waals surface area contributed by atoms with E-state index in [1.165, 1.54) is 55.6 Å². The van der Waals surface area contributed by atoms with Crippen molar-refractivity contribution in [3.8, 4) is 0 Å². The van der Waals surface area contributed by atoms with Crippen LogP contribution in [0, 0.1) is 0 Å². The van der Waals surface area contributed by atoms with Crippen LogP contribution in [-0.2, 0) is 10.0 Å². The summed E-state index contributed by atoms with van der Waals surface area (Å²) in [5.74, 6) is -2.94. The minimum absolute atomic E-state index is 0.0744. The lowest BCUT2D eigenvalue weighted by atomic mass is 10.2. The number of halogens is 2. The molecule has 0 aromatic heterocycles. The van der Waals surface area contributed by atoms with Crippen molar-refractivity contribution in [1.29, 1.82) is 0 Å². The minimum atomic E-state index is -3.90. The average Bonchev–Trinajstić information content (AvgIpc) is 2.55. The predicted molar refractivity (Wildman–Crippen MR) is 88.9 cm³/mol. The predicted octanol–water partition coefficient (Wildman–Crippen LogP) is 3.16. The SMILES string of the molecule is CNC(=O)c1cccc(S(=O)(=O)Nc2ccc(SC(F)F)cc2)c1. The largest absolute Gasteiger partial charge is 0.355 e. The molecule has 0 aliphatic heterocycles. The zero-order valence-electron chi connectivity index (χ0n) is 12.5. The van der Waals surface area contributed by atoms with Gasteiger partial charge in [-0.05, 0) is 42.5 Å². The highest BCUT2D eigenvalue weighted by molar-refractivity contribution is 7.99. The number of thioether (sulfide) groups is 1. The number of hydrogen-bond donors (Lipinski definition) is 2. The molecule has 2 N–H and O–H groups in total. The maximum absolute atomic E-state index is 12.4. The number of benzene rings is 2. The minimum Gasteiger partial charge on any atom is -0.355 e. The van der Waals surface area contributed by atoms with Crippen LogP contribution >= 0.6 is 11.8 Å². The van der Waals surface area contributed by atoms with E-state index in [1.807, 2.05) is 0 Å². The lowest BCUT2D eigenvalue weighted by molar-refractivity contribution is 0.0963. The van der Waals surface area contributed by atoms with E-state index >= 15 is 0 Å². The van der Waals surface area contributed by atoms with Crippen molar-refractivity contribution in [1.82, 2.24) is 5.32 Å². The highest BCUT2D eigenvalue weighted by Gasteiger charge is 2.16. The highest BCUT2D eigenvalue weighted by Crippen LogP contribution is 2.27. The third-order valence-electron chi connectivity index (χ3n) is 2.97. The molecule has 5 nitrogen and oxygen atoms in total. The summed E-state index contributed by atoms with van der Waals surface area (Å²) in [5.41, 5.74) is 0.447. The Bertz CT molecular complexity index is 825. The average molecular weight is 372 g/mol. The number of carbonyl (C=O) groups excluding carboxylic acids is 1. The number of hydrogen-bond acceptors (Lipinski definition) is 4. The molecule has 0 saturated carbocycles. The molecule has 0 radical (unpaired) electrons. The van der Waals surface area contributed by atoms with Crippen LogP contribution in [-0.4, -0.2) is 27.1 Å². The normalized spacial score (nSPS) is 11.3. The Morgan fingerprint density at radius 2 is 1.79 bits per heavy atom. The van der Waals surface area contributed by atoms with Gasteiger partial charge in [-0.2, -0.15) is 8.78 Å². The molecule has 0 unspecified atom stereocenters. The Morgan fingerprint density at radius 3 is 2.38 bits per heavy atom. The number of carbonyl (C=O) groups is 1. The van der Waals surface area contributed by atoms with Crippen LogP contribution in [0.15, 0.2) is 58.3 Å². The van der Waals surface area contributed by atoms with Crippen LogP contribution in [0.25, 0.3) is 0 Å². The van der Waals surface area contributed by atoms with Gasteiger partial charge in [0.05, 0.1) is 4.90 Å². The van der Waals surface area contributed by atoms with Crippen LogP contribution in [0.3, 0.4) is 0 Å². The molecule has 2 aromatic carbocycles. The van der Waals surface area contributed by atoms with Gasteiger partial charge in [-0.3, -0.25) is 9.52 Å². The maximum Gasteiger partial charge on any atom is 0.288 e. The summed E-state index contributed by atoms with van der Waals surface area (Å²) in [6.45, 7) is 0. The monoisotopic (exact) mass is 372 g/mol. The number of rotatable bonds is 6. The van der Waals surface area contributed by atoms with Crippen molar-refractivity contribution in [2.45, 2.75) is 15.5 Å². The van der Waals surface area contributed by atoms with Gasteiger partial charge < -0.3 is 5.32 Å². The van der Waals surface area contributed by atoms with Gasteiger partial charge in [0.25, 0.3) is 21.7 Å². The molecule has 9 heteroatoms. The number of alkyl halides is 2. The van der Waals surface area contributed by atoms with Gasteiger partial charge in [0.1, 0.15) is 0 Å². The third-order valence-corrected chi connectivity index (χ3v) is 5.07. The van der Waals surface area contributed by atoms with Gasteiger partial charge in [0.15, 0.2) is 0 Å². The standard InChI is InChI=1S/C15H14F2N2O3S2/c1-18-14(20)10-3-2-4-13(9-10)24(21,22)19-11-5-7-12(8-6-11)23-15(16)17/h2-9,15,19H,1H3,(H,18,20). The van der Waals surface area contributed by atoms with Crippen LogP contribution in [0.4, 0.5) is 14.5 Å². The summed E-state index contributed by atoms with van der Waals surface area (Å²) < 4.78 is 51.6. The first-order valence-electron chi connectivity index (χ1n) is 6.71. The molecule has 128 valence electrons. The summed E-state index contributed by atoms with van der Waals surface area (Å²) >= 11 is 0.374. The highest BCUT2D eigenvalue weighted by atomic mass is 32.2. The Labute approximate surface area is 142 Å². The maximum atomic E-state index is 12.4. The van der Waals surface area contributed by atoms with Crippen molar-refractivity contribution in [3.05, 3.63) is 54.1 Å². The number of sulfonamides is 1. The molecule has 1 amide bonds. The summed E-state index contributed by atoms with van der Waals surface area (Å²) in [4.78, 5) is 11.8. The van der Waals surface area contributed by atoms with Crippen molar-refractivity contribution < 1.29 is 22.0 Å². The molecule has 0 bridgehead atoms. The summed E-state index contributed by atoms with van der Waals surface area (Å²) in [5, 5.41) is 2.41. The van der Waals surface area contributed by atoms with E-state index in [1.54, 1.807) is 0 Å². The number of nitrogens with one attached hydrogen (secondary N) is 2. The quantitative estimate of drug-likeness (QED) is 0.764. The van der Waals surface area contributed by atoms with E-state index in [4.69, 9.17) is 0 Å². The van der Waals surface area contributed by atoms with Gasteiger partial charge >= 0.3 is 0 Å². The van der Waals surface area contributed by atoms with Gasteiger partial charge in [0.2, 0.25) is 0 Å². The Balaban J connectivity index is 2.20. The number of amides is 1. The van der Waals surface area contributed by atoms with Crippen LogP contribution in [0.2, 0.25) is 0 Å². The second-order valence-corrected chi connectivity index (χ2v) is 7.36. The molecule has 0 fully saturated rings.